The predicted octanol–water partition coefficient (Wildman–Crippen LogP) is 3.85. The summed E-state index contributed by atoms with van der Waals surface area (Å²) in [5, 5.41) is 8.71. The van der Waals surface area contributed by atoms with E-state index in [0.717, 1.165) is 30.8 Å². The number of rotatable bonds is 9. The molecule has 0 saturated carbocycles. The standard InChI is InChI=1S/C11H22O2S2/c1-4-8-14-11(3,15-9-5-2)7-6-10(12)13/h4-9H2,1-3H3,(H,12,13). The molecule has 90 valence electrons. The summed E-state index contributed by atoms with van der Waals surface area (Å²) in [5.74, 6) is 1.55. The van der Waals surface area contributed by atoms with Crippen LogP contribution in [0.4, 0.5) is 0 Å². The predicted molar refractivity (Wildman–Crippen MR) is 70.8 cm³/mol. The first-order valence-corrected chi connectivity index (χ1v) is 7.51. The van der Waals surface area contributed by atoms with Gasteiger partial charge in [-0.25, -0.2) is 0 Å². The van der Waals surface area contributed by atoms with Crippen LogP contribution in [0.3, 0.4) is 0 Å². The molecule has 0 radical (unpaired) electrons. The lowest BCUT2D eigenvalue weighted by Crippen LogP contribution is -2.18. The molecule has 0 aromatic heterocycles. The molecule has 0 aliphatic carbocycles. The fraction of sp³-hybridized carbons (Fsp3) is 0.909. The Hall–Kier alpha value is 0.170. The number of thioether (sulfide) groups is 2. The van der Waals surface area contributed by atoms with E-state index in [-0.39, 0.29) is 10.5 Å². The van der Waals surface area contributed by atoms with Crippen molar-refractivity contribution in [2.75, 3.05) is 11.5 Å². The van der Waals surface area contributed by atoms with Crippen molar-refractivity contribution in [2.24, 2.45) is 0 Å². The molecule has 0 aliphatic heterocycles. The molecular weight excluding hydrogens is 228 g/mol. The summed E-state index contributed by atoms with van der Waals surface area (Å²) >= 11 is 3.81. The van der Waals surface area contributed by atoms with Crippen LogP contribution in [0.1, 0.15) is 46.5 Å². The van der Waals surface area contributed by atoms with Crippen molar-refractivity contribution in [3.05, 3.63) is 0 Å². The quantitative estimate of drug-likeness (QED) is 0.631. The Balaban J connectivity index is 4.06. The molecule has 0 heterocycles. The van der Waals surface area contributed by atoms with Gasteiger partial charge in [-0.2, -0.15) is 0 Å². The second kappa shape index (κ2) is 8.34. The summed E-state index contributed by atoms with van der Waals surface area (Å²) in [7, 11) is 0. The van der Waals surface area contributed by atoms with Crippen LogP contribution >= 0.6 is 23.5 Å². The fourth-order valence-corrected chi connectivity index (χ4v) is 3.75. The first kappa shape index (κ1) is 15.2. The van der Waals surface area contributed by atoms with Crippen molar-refractivity contribution >= 4 is 29.5 Å². The molecule has 0 bridgehead atoms. The van der Waals surface area contributed by atoms with Crippen molar-refractivity contribution in [3.8, 4) is 0 Å². The van der Waals surface area contributed by atoms with Gasteiger partial charge in [0.2, 0.25) is 0 Å². The van der Waals surface area contributed by atoms with Crippen LogP contribution in [0, 0.1) is 0 Å². The monoisotopic (exact) mass is 250 g/mol. The van der Waals surface area contributed by atoms with Gasteiger partial charge in [-0.3, -0.25) is 4.79 Å². The van der Waals surface area contributed by atoms with Gasteiger partial charge in [0.25, 0.3) is 0 Å². The Morgan fingerprint density at radius 2 is 1.67 bits per heavy atom. The van der Waals surface area contributed by atoms with E-state index < -0.39 is 5.97 Å². The van der Waals surface area contributed by atoms with E-state index in [1.165, 1.54) is 0 Å². The van der Waals surface area contributed by atoms with E-state index >= 15 is 0 Å². The average Bonchev–Trinajstić information content (AvgIpc) is 2.21. The normalized spacial score (nSPS) is 11.7. The van der Waals surface area contributed by atoms with Crippen LogP contribution in [0.25, 0.3) is 0 Å². The molecular formula is C11H22O2S2. The number of hydrogen-bond acceptors (Lipinski definition) is 3. The molecule has 0 unspecified atom stereocenters. The molecule has 0 aliphatic rings. The Morgan fingerprint density at radius 3 is 2.00 bits per heavy atom. The molecule has 0 rings (SSSR count). The summed E-state index contributed by atoms with van der Waals surface area (Å²) in [6, 6.07) is 0. The van der Waals surface area contributed by atoms with Crippen LogP contribution in [-0.4, -0.2) is 26.7 Å². The smallest absolute Gasteiger partial charge is 0.303 e. The van der Waals surface area contributed by atoms with Gasteiger partial charge < -0.3 is 5.11 Å². The van der Waals surface area contributed by atoms with Crippen LogP contribution in [-0.2, 0) is 4.79 Å². The zero-order valence-corrected chi connectivity index (χ0v) is 11.5. The second-order valence-corrected chi connectivity index (χ2v) is 7.18. The molecule has 0 amide bonds. The van der Waals surface area contributed by atoms with Crippen LogP contribution in [0.5, 0.6) is 0 Å². The van der Waals surface area contributed by atoms with Gasteiger partial charge in [-0.1, -0.05) is 13.8 Å². The molecule has 0 aromatic rings. The van der Waals surface area contributed by atoms with E-state index in [1.54, 1.807) is 0 Å². The molecule has 2 nitrogen and oxygen atoms in total. The van der Waals surface area contributed by atoms with Gasteiger partial charge in [0.1, 0.15) is 0 Å². The Bertz CT molecular complexity index is 175. The van der Waals surface area contributed by atoms with E-state index in [0.29, 0.717) is 0 Å². The van der Waals surface area contributed by atoms with Crippen molar-refractivity contribution < 1.29 is 9.90 Å². The number of carboxylic acid groups (broad SMARTS) is 1. The zero-order valence-electron chi connectivity index (χ0n) is 9.91. The summed E-state index contributed by atoms with van der Waals surface area (Å²) in [5.41, 5.74) is 0. The molecule has 15 heavy (non-hydrogen) atoms. The van der Waals surface area contributed by atoms with Gasteiger partial charge in [0.05, 0.1) is 4.08 Å². The summed E-state index contributed by atoms with van der Waals surface area (Å²) < 4.78 is 0.0877. The third kappa shape index (κ3) is 8.03. The molecule has 4 heteroatoms. The SMILES string of the molecule is CCCSC(C)(CCC(=O)O)SCCC. The second-order valence-electron chi connectivity index (χ2n) is 3.72. The zero-order chi connectivity index (χ0) is 11.7. The highest BCUT2D eigenvalue weighted by Crippen LogP contribution is 2.41. The minimum Gasteiger partial charge on any atom is -0.481 e. The lowest BCUT2D eigenvalue weighted by Gasteiger charge is -2.27. The van der Waals surface area contributed by atoms with Gasteiger partial charge in [-0.05, 0) is 37.7 Å². The largest absolute Gasteiger partial charge is 0.481 e. The van der Waals surface area contributed by atoms with Gasteiger partial charge in [-0.15, -0.1) is 23.5 Å². The maximum absolute atomic E-state index is 10.6. The number of carbonyl (C=O) groups is 1. The van der Waals surface area contributed by atoms with Crippen molar-refractivity contribution in [1.29, 1.82) is 0 Å². The van der Waals surface area contributed by atoms with Crippen LogP contribution in [0.2, 0.25) is 0 Å². The van der Waals surface area contributed by atoms with E-state index in [4.69, 9.17) is 5.11 Å². The van der Waals surface area contributed by atoms with E-state index in [9.17, 15) is 4.79 Å². The van der Waals surface area contributed by atoms with Crippen molar-refractivity contribution in [3.63, 3.8) is 0 Å². The maximum atomic E-state index is 10.6. The van der Waals surface area contributed by atoms with Crippen LogP contribution < -0.4 is 0 Å². The molecule has 0 fully saturated rings. The molecule has 1 N–H and O–H groups in total. The third-order valence-electron chi connectivity index (χ3n) is 2.02. The fourth-order valence-electron chi connectivity index (χ4n) is 1.16. The average molecular weight is 250 g/mol. The Morgan fingerprint density at radius 1 is 1.20 bits per heavy atom. The highest BCUT2D eigenvalue weighted by atomic mass is 32.2. The van der Waals surface area contributed by atoms with Gasteiger partial charge in [0.15, 0.2) is 0 Å². The minimum absolute atomic E-state index is 0.0877. The molecule has 0 spiro atoms. The molecule has 0 saturated heterocycles. The maximum Gasteiger partial charge on any atom is 0.303 e. The number of aliphatic carboxylic acids is 1. The Labute approximate surface area is 102 Å². The number of hydrogen-bond donors (Lipinski definition) is 1. The van der Waals surface area contributed by atoms with E-state index in [1.807, 2.05) is 23.5 Å². The highest BCUT2D eigenvalue weighted by molar-refractivity contribution is 8.18. The van der Waals surface area contributed by atoms with E-state index in [2.05, 4.69) is 20.8 Å². The summed E-state index contributed by atoms with van der Waals surface area (Å²) in [4.78, 5) is 10.6. The number of carboxylic acids is 1. The lowest BCUT2D eigenvalue weighted by atomic mass is 10.2. The summed E-state index contributed by atoms with van der Waals surface area (Å²) in [6.45, 7) is 6.50. The first-order chi connectivity index (χ1) is 7.04. The minimum atomic E-state index is -0.685. The molecule has 0 atom stereocenters. The van der Waals surface area contributed by atoms with Crippen LogP contribution in [0.15, 0.2) is 0 Å². The first-order valence-electron chi connectivity index (χ1n) is 5.53. The van der Waals surface area contributed by atoms with Crippen molar-refractivity contribution in [1.82, 2.24) is 0 Å². The Kier molecular flexibility index (Phi) is 8.43. The highest BCUT2D eigenvalue weighted by Gasteiger charge is 2.25. The lowest BCUT2D eigenvalue weighted by molar-refractivity contribution is -0.137. The van der Waals surface area contributed by atoms with Gasteiger partial charge >= 0.3 is 5.97 Å². The third-order valence-corrected chi connectivity index (χ3v) is 5.58. The van der Waals surface area contributed by atoms with Gasteiger partial charge in [0, 0.05) is 6.42 Å². The summed E-state index contributed by atoms with van der Waals surface area (Å²) in [6.07, 6.45) is 3.35. The molecule has 0 aromatic carbocycles. The topological polar surface area (TPSA) is 37.3 Å². The van der Waals surface area contributed by atoms with Crippen molar-refractivity contribution in [2.45, 2.75) is 50.5 Å².